The third kappa shape index (κ3) is 29.1. The molecule has 1 fully saturated rings. The number of fused-ring (bicyclic) bond motifs is 1. The van der Waals surface area contributed by atoms with Gasteiger partial charge in [-0.1, -0.05) is 90.1 Å². The molecule has 2 aromatic carbocycles. The quantitative estimate of drug-likeness (QED) is 0.0259. The molecule has 0 saturated carbocycles. The first-order valence-electron chi connectivity index (χ1n) is 35.2. The molecule has 1 saturated heterocycles. The molecule has 580 valence electrons. The van der Waals surface area contributed by atoms with Gasteiger partial charge in [0.2, 0.25) is 70.9 Å². The number of nitrogens with zero attached hydrogens (tertiary/aromatic N) is 1. The summed E-state index contributed by atoms with van der Waals surface area (Å²) in [4.78, 5) is 208. The van der Waals surface area contributed by atoms with Crippen LogP contribution < -0.4 is 70.4 Å². The van der Waals surface area contributed by atoms with Crippen molar-refractivity contribution in [2.75, 3.05) is 19.7 Å². The normalized spacial score (nSPS) is 16.2. The second-order valence-corrected chi connectivity index (χ2v) is 27.6. The Balaban J connectivity index is 1.63. The van der Waals surface area contributed by atoms with Gasteiger partial charge in [-0.05, 0) is 113 Å². The fourth-order valence-corrected chi connectivity index (χ4v) is 11.8. The number of aliphatic hydroxyl groups excluding tert-OH is 2. The number of para-hydroxylation sites is 1. The van der Waals surface area contributed by atoms with E-state index in [1.165, 1.54) is 4.90 Å². The summed E-state index contributed by atoms with van der Waals surface area (Å²) in [5, 5.41) is 76.3. The summed E-state index contributed by atoms with van der Waals surface area (Å²) in [5.41, 5.74) is 18.4. The van der Waals surface area contributed by atoms with Crippen molar-refractivity contribution in [1.82, 2.24) is 63.1 Å². The maximum absolute atomic E-state index is 15.0. The molecule has 35 heteroatoms. The van der Waals surface area contributed by atoms with E-state index in [1.54, 1.807) is 88.5 Å². The van der Waals surface area contributed by atoms with Crippen molar-refractivity contribution in [3.05, 3.63) is 71.9 Å². The van der Waals surface area contributed by atoms with Crippen molar-refractivity contribution in [1.29, 1.82) is 0 Å². The van der Waals surface area contributed by atoms with Crippen molar-refractivity contribution in [2.24, 2.45) is 35.0 Å². The smallest absolute Gasteiger partial charge is 0.326 e. The lowest BCUT2D eigenvalue weighted by atomic mass is 9.98. The van der Waals surface area contributed by atoms with Crippen molar-refractivity contribution < 1.29 is 97.5 Å². The van der Waals surface area contributed by atoms with Crippen LogP contribution in [0.3, 0.4) is 0 Å². The number of hydrogen-bond donors (Lipinski definition) is 19. The Morgan fingerprint density at radius 3 is 1.53 bits per heavy atom. The van der Waals surface area contributed by atoms with Crippen molar-refractivity contribution in [2.45, 2.75) is 223 Å². The number of amides is 12. The van der Waals surface area contributed by atoms with E-state index in [9.17, 15) is 97.5 Å². The van der Waals surface area contributed by atoms with E-state index >= 15 is 0 Å². The molecular formula is C70H105N15O20. The van der Waals surface area contributed by atoms with Crippen LogP contribution in [-0.2, 0) is 84.8 Å². The number of nitrogens with one attached hydrogen (secondary N) is 11. The minimum absolute atomic E-state index is 0.0240. The SMILES string of the molecule is CC(C)C[C@H](NC(=O)[C@H](CC(=O)O)NC(=O)[C@H](CO)NC(=O)[C@H](Cc1ccccc1)NC(=O)[C@@H](NC(=O)[C@H](CCC(=O)O)NC(=O)[C@@H](N)CCC(N)=O)[C@@H](C)O)C(=O)N[C@@H](Cc1c[nH]c2ccccc12)C(=O)N[C@@H](CCCCN)C(=O)N[C@@H](CC(C)C)C(=O)N[C@@H](CC(C)C)C(=O)N1CCC[C@H]1C(=O)O. The van der Waals surface area contributed by atoms with E-state index in [-0.39, 0.29) is 89.1 Å². The Bertz CT molecular complexity index is 3500. The summed E-state index contributed by atoms with van der Waals surface area (Å²) in [6, 6.07) is -3.86. The molecule has 0 radical (unpaired) electrons. The highest BCUT2D eigenvalue weighted by atomic mass is 16.4. The maximum Gasteiger partial charge on any atom is 0.326 e. The van der Waals surface area contributed by atoms with E-state index in [1.807, 2.05) is 13.8 Å². The van der Waals surface area contributed by atoms with Gasteiger partial charge in [0.05, 0.1) is 25.2 Å². The van der Waals surface area contributed by atoms with Crippen LogP contribution in [0, 0.1) is 17.8 Å². The molecule has 1 aliphatic heterocycles. The molecule has 0 bridgehead atoms. The van der Waals surface area contributed by atoms with Gasteiger partial charge in [0.1, 0.15) is 66.5 Å². The third-order valence-corrected chi connectivity index (χ3v) is 17.3. The fraction of sp³-hybridized carbons (Fsp3) is 0.586. The summed E-state index contributed by atoms with van der Waals surface area (Å²) >= 11 is 0. The van der Waals surface area contributed by atoms with Gasteiger partial charge >= 0.3 is 17.9 Å². The van der Waals surface area contributed by atoms with Gasteiger partial charge in [0.15, 0.2) is 0 Å². The van der Waals surface area contributed by atoms with Crippen molar-refractivity contribution in [3.63, 3.8) is 0 Å². The molecule has 13 atom stereocenters. The number of nitrogens with two attached hydrogens (primary N) is 3. The van der Waals surface area contributed by atoms with E-state index < -0.39 is 199 Å². The lowest BCUT2D eigenvalue weighted by molar-refractivity contribution is -0.149. The fourth-order valence-electron chi connectivity index (χ4n) is 11.8. The monoisotopic (exact) mass is 1480 g/mol. The zero-order valence-corrected chi connectivity index (χ0v) is 60.3. The molecule has 3 aromatic rings. The number of aromatic nitrogens is 1. The number of aliphatic hydroxyl groups is 2. The Hall–Kier alpha value is -10.1. The van der Waals surface area contributed by atoms with Crippen LogP contribution in [0.25, 0.3) is 10.9 Å². The van der Waals surface area contributed by atoms with Gasteiger partial charge in [-0.25, -0.2) is 4.79 Å². The molecule has 0 aliphatic carbocycles. The number of unbranched alkanes of at least 4 members (excludes halogenated alkanes) is 1. The van der Waals surface area contributed by atoms with Crippen molar-refractivity contribution >= 4 is 99.7 Å². The number of aliphatic carboxylic acids is 3. The van der Waals surface area contributed by atoms with Gasteiger partial charge in [-0.15, -0.1) is 0 Å². The third-order valence-electron chi connectivity index (χ3n) is 17.3. The number of rotatable bonds is 46. The second-order valence-electron chi connectivity index (χ2n) is 27.6. The van der Waals surface area contributed by atoms with Crippen LogP contribution in [-0.4, -0.2) is 223 Å². The van der Waals surface area contributed by atoms with Crippen LogP contribution in [0.2, 0.25) is 0 Å². The first-order chi connectivity index (χ1) is 49.5. The largest absolute Gasteiger partial charge is 0.481 e. The number of carboxylic acids is 3. The van der Waals surface area contributed by atoms with Gasteiger partial charge in [-0.3, -0.25) is 67.1 Å². The molecular weight excluding hydrogens is 1370 g/mol. The molecule has 12 amide bonds. The maximum atomic E-state index is 15.0. The van der Waals surface area contributed by atoms with E-state index in [2.05, 4.69) is 58.2 Å². The first-order valence-corrected chi connectivity index (χ1v) is 35.2. The van der Waals surface area contributed by atoms with Crippen LogP contribution >= 0.6 is 0 Å². The topological polar surface area (TPSA) is 575 Å². The number of likely N-dealkylation sites (tertiary alicyclic amines) is 1. The average Bonchev–Trinajstić information content (AvgIpc) is 1.74. The van der Waals surface area contributed by atoms with Crippen LogP contribution in [0.5, 0.6) is 0 Å². The predicted octanol–water partition coefficient (Wildman–Crippen LogP) is -2.55. The first kappa shape index (κ1) is 87.3. The molecule has 35 nitrogen and oxygen atoms in total. The van der Waals surface area contributed by atoms with E-state index in [4.69, 9.17) is 17.2 Å². The van der Waals surface area contributed by atoms with Gasteiger partial charge in [0, 0.05) is 49.3 Å². The number of carbonyl (C=O) groups is 15. The van der Waals surface area contributed by atoms with E-state index in [0.29, 0.717) is 34.9 Å². The number of hydrogen-bond acceptors (Lipinski definition) is 19. The van der Waals surface area contributed by atoms with Gasteiger partial charge in [0.25, 0.3) is 0 Å². The Kier molecular flexibility index (Phi) is 35.9. The Morgan fingerprint density at radius 2 is 0.981 bits per heavy atom. The molecule has 2 heterocycles. The van der Waals surface area contributed by atoms with Crippen molar-refractivity contribution in [3.8, 4) is 0 Å². The number of carbonyl (C=O) groups excluding carboxylic acids is 12. The number of H-pyrrole nitrogens is 1. The molecule has 0 spiro atoms. The minimum atomic E-state index is -2.05. The number of carboxylic acid groups (broad SMARTS) is 3. The van der Waals surface area contributed by atoms with E-state index in [0.717, 1.165) is 6.92 Å². The minimum Gasteiger partial charge on any atom is -0.481 e. The zero-order chi connectivity index (χ0) is 78.4. The van der Waals surface area contributed by atoms with Gasteiger partial charge in [-0.2, -0.15) is 0 Å². The summed E-state index contributed by atoms with van der Waals surface area (Å²) in [5.74, 6) is -17.0. The van der Waals surface area contributed by atoms with Crippen LogP contribution in [0.15, 0.2) is 60.8 Å². The number of aromatic amines is 1. The lowest BCUT2D eigenvalue weighted by Crippen LogP contribution is -2.62. The zero-order valence-electron chi connectivity index (χ0n) is 60.3. The van der Waals surface area contributed by atoms with Crippen LogP contribution in [0.1, 0.15) is 143 Å². The highest BCUT2D eigenvalue weighted by molar-refractivity contribution is 6.00. The Morgan fingerprint density at radius 1 is 0.514 bits per heavy atom. The predicted molar refractivity (Wildman–Crippen MR) is 379 cm³/mol. The summed E-state index contributed by atoms with van der Waals surface area (Å²) in [6.45, 7) is 10.9. The average molecular weight is 1480 g/mol. The van der Waals surface area contributed by atoms with Gasteiger partial charge < -0.3 is 106 Å². The summed E-state index contributed by atoms with van der Waals surface area (Å²) < 4.78 is 0. The standard InChI is InChI=1S/C70H105N15O20/c1-36(2)28-47(62(96)79-50(32-41-34-74-44-19-12-11-18-42(41)44)65(99)76-45(20-13-14-26-71)60(94)77-48(29-37(3)4)63(97)82-52(30-38(5)6)69(103)85-27-15-21-54(85)70(104)105)78-66(100)51(33-57(91)92)80-67(101)53(35-86)83-64(98)49(31-40-16-9-8-10-17-40)81-68(102)58(39(7)87)84-61(95)46(23-25-56(89)90)75-59(93)43(72)22-24-55(73)88/h8-12,16-19,34,36-39,43,45-54,58,74,86-87H,13-15,20-33,35,71-72H2,1-7H3,(H2,73,88)(H,75,93)(H,76,99)(H,77,94)(H,78,100)(H,79,96)(H,80,101)(H,81,102)(H,82,97)(H,83,98)(H,84,95)(H,89,90)(H,91,92)(H,104,105)/t39-,43+,45+,46+,47+,48+,49+,50+,51+,52+,53+,54+,58+/m1/s1. The number of benzene rings is 2. The number of primary amides is 1. The second kappa shape index (κ2) is 43.2. The highest BCUT2D eigenvalue weighted by Crippen LogP contribution is 2.23. The summed E-state index contributed by atoms with van der Waals surface area (Å²) in [6.07, 6.45) is -2.30. The molecule has 105 heavy (non-hydrogen) atoms. The Labute approximate surface area is 607 Å². The molecule has 1 aliphatic rings. The summed E-state index contributed by atoms with van der Waals surface area (Å²) in [7, 11) is 0. The lowest BCUT2D eigenvalue weighted by Gasteiger charge is -2.30. The molecule has 22 N–H and O–H groups in total. The highest BCUT2D eigenvalue weighted by Gasteiger charge is 2.41. The molecule has 4 rings (SSSR count). The van der Waals surface area contributed by atoms with Crippen LogP contribution in [0.4, 0.5) is 0 Å². The molecule has 0 unspecified atom stereocenters. The molecule has 1 aromatic heterocycles.